The van der Waals surface area contributed by atoms with Crippen LogP contribution in [0, 0.1) is 0 Å². The van der Waals surface area contributed by atoms with Gasteiger partial charge in [0, 0.05) is 0 Å². The first-order chi connectivity index (χ1) is 6.90. The molecule has 1 nitrogen and oxygen atoms in total. The average molecular weight is 327 g/mol. The number of rotatable bonds is 3. The van der Waals surface area contributed by atoms with E-state index in [1.54, 1.807) is 23.0 Å². The van der Waals surface area contributed by atoms with Gasteiger partial charge in [-0.2, -0.15) is 0 Å². The predicted octanol–water partition coefficient (Wildman–Crippen LogP) is 3.40. The molecule has 0 saturated heterocycles. The Kier molecular flexibility index (Phi) is 4.48. The van der Waals surface area contributed by atoms with Crippen molar-refractivity contribution in [3.63, 3.8) is 0 Å². The van der Waals surface area contributed by atoms with Gasteiger partial charge in [-0.15, -0.1) is 0 Å². The zero-order valence-corrected chi connectivity index (χ0v) is 13.3. The van der Waals surface area contributed by atoms with Gasteiger partial charge in [-0.3, -0.25) is 0 Å². The molecule has 0 spiro atoms. The first-order valence-electron chi connectivity index (χ1n) is 5.04. The molecule has 0 saturated carbocycles. The number of allylic oxidation sites excluding steroid dienone is 1. The van der Waals surface area contributed by atoms with Gasteiger partial charge in [-0.05, 0) is 0 Å². The summed E-state index contributed by atoms with van der Waals surface area (Å²) < 4.78 is 7.10. The molecule has 3 heteroatoms. The van der Waals surface area contributed by atoms with Crippen molar-refractivity contribution < 1.29 is 4.43 Å². The van der Waals surface area contributed by atoms with Crippen LogP contribution in [0.2, 0.25) is 19.6 Å². The molecular formula is C12H17OSbSi. The Morgan fingerprint density at radius 3 is 2.13 bits per heavy atom. The fraction of sp³-hybridized carbons (Fsp3) is 0.333. The van der Waals surface area contributed by atoms with E-state index in [9.17, 15) is 0 Å². The van der Waals surface area contributed by atoms with Crippen LogP contribution in [0.3, 0.4) is 0 Å². The fourth-order valence-electron chi connectivity index (χ4n) is 1.18. The van der Waals surface area contributed by atoms with E-state index in [0.717, 1.165) is 3.71 Å². The van der Waals surface area contributed by atoms with Gasteiger partial charge in [0.2, 0.25) is 0 Å². The molecule has 2 radical (unpaired) electrons. The van der Waals surface area contributed by atoms with Crippen molar-refractivity contribution in [2.75, 3.05) is 0 Å². The number of benzene rings is 1. The van der Waals surface area contributed by atoms with E-state index in [0.29, 0.717) is 0 Å². The summed E-state index contributed by atoms with van der Waals surface area (Å²) in [5.74, 6) is 0. The van der Waals surface area contributed by atoms with Crippen LogP contribution >= 0.6 is 0 Å². The van der Waals surface area contributed by atoms with Crippen molar-refractivity contribution in [3.8, 4) is 0 Å². The molecular weight excluding hydrogens is 310 g/mol. The third-order valence-corrected chi connectivity index (χ3v) is 4.48. The Balaban J connectivity index is 2.91. The van der Waals surface area contributed by atoms with Gasteiger partial charge in [0.05, 0.1) is 0 Å². The normalized spacial score (nSPS) is 13.4. The van der Waals surface area contributed by atoms with E-state index in [1.165, 1.54) is 11.1 Å². The molecule has 0 atom stereocenters. The summed E-state index contributed by atoms with van der Waals surface area (Å²) in [5, 5.41) is 0. The molecule has 15 heavy (non-hydrogen) atoms. The third-order valence-electron chi connectivity index (χ3n) is 1.93. The standard InChI is InChI=1S/C12H17OSi.Sb/c1-11(10-13-14(2,3)4)12-8-6-5-7-9-12;/h5-9H,1-4H3;. The average Bonchev–Trinajstić information content (AvgIpc) is 2.15. The number of hydrogen-bond donors (Lipinski definition) is 0. The minimum absolute atomic E-state index is 1.11. The molecule has 0 amide bonds. The zero-order chi connectivity index (χ0) is 11.5. The van der Waals surface area contributed by atoms with Crippen molar-refractivity contribution >= 4 is 36.9 Å². The second kappa shape index (κ2) is 5.22. The first-order valence-corrected chi connectivity index (χ1v) is 9.73. The SMILES string of the molecule is C/C(=[C](/[Sb])O[Si](C)(C)C)c1ccccc1. The van der Waals surface area contributed by atoms with Crippen LogP contribution in [-0.4, -0.2) is 31.3 Å². The molecule has 1 aromatic rings. The molecule has 0 aliphatic heterocycles. The second-order valence-corrected chi connectivity index (χ2v) is 10.1. The van der Waals surface area contributed by atoms with Crippen LogP contribution in [-0.2, 0) is 4.43 Å². The topological polar surface area (TPSA) is 9.23 Å². The summed E-state index contributed by atoms with van der Waals surface area (Å²) in [7, 11) is -1.46. The van der Waals surface area contributed by atoms with Crippen molar-refractivity contribution in [1.82, 2.24) is 0 Å². The van der Waals surface area contributed by atoms with Crippen LogP contribution < -0.4 is 0 Å². The molecule has 0 aliphatic rings. The first kappa shape index (κ1) is 12.9. The fourth-order valence-corrected chi connectivity index (χ4v) is 4.62. The summed E-state index contributed by atoms with van der Waals surface area (Å²) in [6.07, 6.45) is 0. The van der Waals surface area contributed by atoms with Crippen molar-refractivity contribution in [2.24, 2.45) is 0 Å². The van der Waals surface area contributed by atoms with Crippen molar-refractivity contribution in [2.45, 2.75) is 26.6 Å². The zero-order valence-electron chi connectivity index (χ0n) is 9.74. The van der Waals surface area contributed by atoms with Crippen LogP contribution in [0.5, 0.6) is 0 Å². The molecule has 0 aromatic heterocycles. The molecule has 0 heterocycles. The van der Waals surface area contributed by atoms with Crippen LogP contribution in [0.25, 0.3) is 5.57 Å². The van der Waals surface area contributed by atoms with Gasteiger partial charge in [-0.1, -0.05) is 0 Å². The van der Waals surface area contributed by atoms with E-state index in [1.807, 2.05) is 6.07 Å². The van der Waals surface area contributed by atoms with Crippen LogP contribution in [0.4, 0.5) is 0 Å². The molecule has 1 rings (SSSR count). The molecule has 0 unspecified atom stereocenters. The maximum absolute atomic E-state index is 5.99. The summed E-state index contributed by atoms with van der Waals surface area (Å²) in [5.41, 5.74) is 2.51. The van der Waals surface area contributed by atoms with Gasteiger partial charge in [0.1, 0.15) is 0 Å². The Morgan fingerprint density at radius 1 is 1.13 bits per heavy atom. The second-order valence-electron chi connectivity index (χ2n) is 4.51. The van der Waals surface area contributed by atoms with E-state index >= 15 is 0 Å². The minimum atomic E-state index is -1.46. The van der Waals surface area contributed by atoms with Gasteiger partial charge in [0.15, 0.2) is 0 Å². The van der Waals surface area contributed by atoms with Crippen LogP contribution in [0.1, 0.15) is 12.5 Å². The Labute approximate surface area is 107 Å². The van der Waals surface area contributed by atoms with Crippen molar-refractivity contribution in [3.05, 3.63) is 39.6 Å². The summed E-state index contributed by atoms with van der Waals surface area (Å²) in [6, 6.07) is 10.4. The molecule has 0 bridgehead atoms. The van der Waals surface area contributed by atoms with Gasteiger partial charge < -0.3 is 0 Å². The van der Waals surface area contributed by atoms with Gasteiger partial charge in [-0.25, -0.2) is 0 Å². The summed E-state index contributed by atoms with van der Waals surface area (Å²) >= 11 is 1.67. The van der Waals surface area contributed by atoms with E-state index in [4.69, 9.17) is 4.43 Å². The molecule has 1 aromatic carbocycles. The maximum atomic E-state index is 5.99. The van der Waals surface area contributed by atoms with E-state index in [-0.39, 0.29) is 0 Å². The quantitative estimate of drug-likeness (QED) is 0.611. The molecule has 80 valence electrons. The Hall–Kier alpha value is -0.205. The molecule has 0 aliphatic carbocycles. The molecule has 0 fully saturated rings. The molecule has 0 N–H and O–H groups in total. The van der Waals surface area contributed by atoms with Crippen molar-refractivity contribution in [1.29, 1.82) is 0 Å². The predicted molar refractivity (Wildman–Crippen MR) is 69.2 cm³/mol. The van der Waals surface area contributed by atoms with Gasteiger partial charge in [0.25, 0.3) is 0 Å². The Morgan fingerprint density at radius 2 is 1.67 bits per heavy atom. The summed E-state index contributed by atoms with van der Waals surface area (Å²) in [6.45, 7) is 8.76. The summed E-state index contributed by atoms with van der Waals surface area (Å²) in [4.78, 5) is 0. The monoisotopic (exact) mass is 326 g/mol. The number of hydrogen-bond acceptors (Lipinski definition) is 1. The van der Waals surface area contributed by atoms with E-state index < -0.39 is 8.32 Å². The Bertz CT molecular complexity index is 352. The third kappa shape index (κ3) is 4.44. The van der Waals surface area contributed by atoms with Crippen LogP contribution in [0.15, 0.2) is 34.0 Å². The van der Waals surface area contributed by atoms with Gasteiger partial charge >= 0.3 is 108 Å². The van der Waals surface area contributed by atoms with E-state index in [2.05, 4.69) is 50.8 Å².